The molecular formula is C40H59BN2O3. The third-order valence-corrected chi connectivity index (χ3v) is 9.94. The Labute approximate surface area is 281 Å². The van der Waals surface area contributed by atoms with Crippen LogP contribution in [0.15, 0.2) is 63.6 Å². The molecule has 0 aromatic heterocycles. The van der Waals surface area contributed by atoms with Crippen LogP contribution in [0, 0.1) is 11.8 Å². The van der Waals surface area contributed by atoms with Crippen LogP contribution in [0.2, 0.25) is 0 Å². The zero-order valence-corrected chi connectivity index (χ0v) is 29.1. The van der Waals surface area contributed by atoms with E-state index in [1.54, 1.807) is 0 Å². The molecule has 46 heavy (non-hydrogen) atoms. The summed E-state index contributed by atoms with van der Waals surface area (Å²) >= 11 is 0. The van der Waals surface area contributed by atoms with Crippen LogP contribution >= 0.6 is 0 Å². The predicted octanol–water partition coefficient (Wildman–Crippen LogP) is 9.18. The van der Waals surface area contributed by atoms with Crippen LogP contribution in [0.4, 0.5) is 0 Å². The summed E-state index contributed by atoms with van der Waals surface area (Å²) in [6.45, 7) is 10.8. The molecule has 3 atom stereocenters. The van der Waals surface area contributed by atoms with Gasteiger partial charge in [0.25, 0.3) is 0 Å². The summed E-state index contributed by atoms with van der Waals surface area (Å²) in [5.41, 5.74) is 5.52. The normalized spacial score (nSPS) is 22.5. The van der Waals surface area contributed by atoms with Crippen LogP contribution in [0.1, 0.15) is 143 Å². The molecule has 0 aliphatic heterocycles. The molecule has 5 nitrogen and oxygen atoms in total. The van der Waals surface area contributed by atoms with E-state index in [4.69, 9.17) is 12.8 Å². The smallest absolute Gasteiger partial charge is 0.247 e. The van der Waals surface area contributed by atoms with Crippen molar-refractivity contribution in [2.75, 3.05) is 6.54 Å². The number of nitrogens with one attached hydrogen (secondary N) is 1. The first-order chi connectivity index (χ1) is 22.1. The molecule has 250 valence electrons. The average molecular weight is 627 g/mol. The van der Waals surface area contributed by atoms with Crippen LogP contribution in [-0.2, 0) is 14.4 Å². The third-order valence-electron chi connectivity index (χ3n) is 9.94. The zero-order chi connectivity index (χ0) is 33.3. The zero-order valence-electron chi connectivity index (χ0n) is 29.1. The maximum atomic E-state index is 13.5. The first kappa shape index (κ1) is 37.7. The number of hydrogen-bond acceptors (Lipinski definition) is 4. The molecule has 0 spiro atoms. The molecule has 0 bridgehead atoms. The highest BCUT2D eigenvalue weighted by molar-refractivity contribution is 6.21. The van der Waals surface area contributed by atoms with E-state index in [1.165, 1.54) is 30.5 Å². The Kier molecular flexibility index (Phi) is 16.8. The van der Waals surface area contributed by atoms with E-state index in [9.17, 15) is 14.4 Å². The second-order valence-corrected chi connectivity index (χ2v) is 14.2. The number of rotatable bonds is 18. The van der Waals surface area contributed by atoms with Crippen molar-refractivity contribution in [3.8, 4) is 0 Å². The van der Waals surface area contributed by atoms with Gasteiger partial charge in [0.15, 0.2) is 5.78 Å². The van der Waals surface area contributed by atoms with Crippen LogP contribution in [-0.4, -0.2) is 43.6 Å². The molecular weight excluding hydrogens is 567 g/mol. The second kappa shape index (κ2) is 20.5. The van der Waals surface area contributed by atoms with Gasteiger partial charge < -0.3 is 5.32 Å². The van der Waals surface area contributed by atoms with Crippen LogP contribution < -0.4 is 5.32 Å². The van der Waals surface area contributed by atoms with Crippen molar-refractivity contribution < 1.29 is 14.4 Å². The Bertz CT molecular complexity index is 1220. The summed E-state index contributed by atoms with van der Waals surface area (Å²) in [5, 5.41) is 3.29. The highest BCUT2D eigenvalue weighted by Gasteiger charge is 2.26. The van der Waals surface area contributed by atoms with Gasteiger partial charge >= 0.3 is 0 Å². The largest absolute Gasteiger partial charge is 0.345 e. The maximum absolute atomic E-state index is 13.5. The van der Waals surface area contributed by atoms with Crippen molar-refractivity contribution in [2.24, 2.45) is 16.8 Å². The topological polar surface area (TPSA) is 75.6 Å². The van der Waals surface area contributed by atoms with E-state index in [2.05, 4.69) is 37.0 Å². The van der Waals surface area contributed by atoms with Gasteiger partial charge in [-0.05, 0) is 101 Å². The lowest BCUT2D eigenvalue weighted by atomic mass is 9.86. The number of unbranched alkanes of at least 4 members (excludes halogenated alkanes) is 4. The Morgan fingerprint density at radius 2 is 1.78 bits per heavy atom. The molecule has 1 fully saturated rings. The quantitative estimate of drug-likeness (QED) is 0.0713. The summed E-state index contributed by atoms with van der Waals surface area (Å²) in [4.78, 5) is 43.6. The first-order valence-electron chi connectivity index (χ1n) is 18.2. The highest BCUT2D eigenvalue weighted by atomic mass is 16.2. The second-order valence-electron chi connectivity index (χ2n) is 14.2. The minimum atomic E-state index is -0.187. The number of carbonyl (C=O) groups is 3. The van der Waals surface area contributed by atoms with Gasteiger partial charge in [-0.15, -0.1) is 12.1 Å². The van der Waals surface area contributed by atoms with Crippen LogP contribution in [0.3, 0.4) is 0 Å². The van der Waals surface area contributed by atoms with Gasteiger partial charge in [-0.25, -0.2) is 0 Å². The molecule has 6 heteroatoms. The molecule has 0 saturated heterocycles. The standard InChI is InChI=1S/C40H59BN2O3/c1-29(2)36(25-22-31(4)41)40(46)43-38-28-34(39(45)21-9-5-7-16-32-17-11-12-19-35(44)27-32)24-23-33(38)18-8-6-14-26-42-37-20-13-10-15-30(37)3/h13,20,23-24,30,32,38H,4-12,14-19,21-22,25-28H2,1-3H3,(H,43,46). The van der Waals surface area contributed by atoms with Crippen molar-refractivity contribution in [3.05, 3.63) is 58.6 Å². The number of allylic oxidation sites excluding steroid dienone is 6. The number of carbonyl (C=O) groups excluding carboxylic acids is 3. The summed E-state index contributed by atoms with van der Waals surface area (Å²) < 4.78 is 0. The molecule has 3 aliphatic rings. The number of amides is 1. The van der Waals surface area contributed by atoms with Gasteiger partial charge in [0.2, 0.25) is 5.91 Å². The molecule has 0 aromatic carbocycles. The van der Waals surface area contributed by atoms with Crippen molar-refractivity contribution in [2.45, 2.75) is 149 Å². The summed E-state index contributed by atoms with van der Waals surface area (Å²) in [7, 11) is 5.82. The highest BCUT2D eigenvalue weighted by Crippen LogP contribution is 2.28. The van der Waals surface area contributed by atoms with Gasteiger partial charge in [0.1, 0.15) is 13.6 Å². The van der Waals surface area contributed by atoms with Gasteiger partial charge in [-0.1, -0.05) is 69.2 Å². The van der Waals surface area contributed by atoms with Crippen molar-refractivity contribution >= 4 is 31.0 Å². The fourth-order valence-corrected chi connectivity index (χ4v) is 6.95. The molecule has 3 unspecified atom stereocenters. The molecule has 0 heterocycles. The molecule has 3 aliphatic carbocycles. The molecule has 1 amide bonds. The molecule has 2 radical (unpaired) electrons. The van der Waals surface area contributed by atoms with E-state index in [-0.39, 0.29) is 17.7 Å². The van der Waals surface area contributed by atoms with E-state index in [0.29, 0.717) is 48.8 Å². The summed E-state index contributed by atoms with van der Waals surface area (Å²) in [5.74, 6) is 1.62. The van der Waals surface area contributed by atoms with Gasteiger partial charge in [0.05, 0.1) is 6.04 Å². The Morgan fingerprint density at radius 1 is 0.978 bits per heavy atom. The van der Waals surface area contributed by atoms with Gasteiger partial charge in [0, 0.05) is 43.5 Å². The lowest BCUT2D eigenvalue weighted by molar-refractivity contribution is -0.120. The van der Waals surface area contributed by atoms with Crippen LogP contribution in [0.25, 0.3) is 0 Å². The lowest BCUT2D eigenvalue weighted by Gasteiger charge is -2.27. The summed E-state index contributed by atoms with van der Waals surface area (Å²) in [6.07, 6.45) is 26.0. The lowest BCUT2D eigenvalue weighted by Crippen LogP contribution is -2.39. The van der Waals surface area contributed by atoms with Gasteiger partial charge in [-0.2, -0.15) is 0 Å². The van der Waals surface area contributed by atoms with E-state index in [0.717, 1.165) is 100 Å². The SMILES string of the molecule is [B]C(=C)CCC(C(=O)NC1CC(C(=O)CCCCCC2CCCCC(=O)C2)=CC=C1CCCCCN=C1C=CCCC1C)=C(C)C. The molecule has 1 saturated carbocycles. The number of nitrogens with zero attached hydrogens (tertiary/aromatic N) is 1. The van der Waals surface area contributed by atoms with E-state index < -0.39 is 0 Å². The number of hydrogen-bond donors (Lipinski definition) is 1. The van der Waals surface area contributed by atoms with E-state index in [1.807, 2.05) is 19.9 Å². The van der Waals surface area contributed by atoms with Crippen molar-refractivity contribution in [1.29, 1.82) is 0 Å². The predicted molar refractivity (Wildman–Crippen MR) is 193 cm³/mol. The van der Waals surface area contributed by atoms with Crippen molar-refractivity contribution in [1.82, 2.24) is 5.32 Å². The number of Topliss-reactive ketones (excluding diaryl/α,β-unsaturated/α-hetero) is 2. The fourth-order valence-electron chi connectivity index (χ4n) is 6.95. The monoisotopic (exact) mass is 626 g/mol. The van der Waals surface area contributed by atoms with Crippen LogP contribution in [0.5, 0.6) is 0 Å². The van der Waals surface area contributed by atoms with Crippen molar-refractivity contribution in [3.63, 3.8) is 0 Å². The fraction of sp³-hybridized carbons (Fsp3) is 0.650. The number of aliphatic imine (C=N–C) groups is 1. The average Bonchev–Trinajstić information content (AvgIpc) is 3.23. The molecule has 1 N–H and O–H groups in total. The van der Waals surface area contributed by atoms with E-state index >= 15 is 0 Å². The Balaban J connectivity index is 1.55. The number of ketones is 2. The minimum absolute atomic E-state index is 0.0756. The summed E-state index contributed by atoms with van der Waals surface area (Å²) in [6, 6.07) is -0.187. The Hall–Kier alpha value is -2.76. The maximum Gasteiger partial charge on any atom is 0.247 e. The Morgan fingerprint density at radius 3 is 2.54 bits per heavy atom. The molecule has 0 aromatic rings. The van der Waals surface area contributed by atoms with Gasteiger partial charge in [-0.3, -0.25) is 19.4 Å². The third kappa shape index (κ3) is 13.5. The molecule has 3 rings (SSSR count). The first-order valence-corrected chi connectivity index (χ1v) is 18.2. The minimum Gasteiger partial charge on any atom is -0.345 e.